The van der Waals surface area contributed by atoms with Crippen molar-refractivity contribution in [3.05, 3.63) is 0 Å². The van der Waals surface area contributed by atoms with E-state index < -0.39 is 9.84 Å². The highest BCUT2D eigenvalue weighted by atomic mass is 35.5. The number of amides is 1. The van der Waals surface area contributed by atoms with Crippen LogP contribution in [0.25, 0.3) is 0 Å². The fourth-order valence-electron chi connectivity index (χ4n) is 2.67. The van der Waals surface area contributed by atoms with Gasteiger partial charge in [0.05, 0.1) is 16.9 Å². The molecule has 2 atom stereocenters. The summed E-state index contributed by atoms with van der Waals surface area (Å²) in [5.74, 6) is 0.410. The molecular weight excluding hydrogens is 276 g/mol. The number of carbonyl (C=O) groups is 1. The Balaban J connectivity index is 0.00000162. The number of halogens is 1. The minimum absolute atomic E-state index is 0. The molecule has 2 rings (SSSR count). The Labute approximate surface area is 115 Å². The Kier molecular flexibility index (Phi) is 4.67. The fraction of sp³-hybridized carbons (Fsp3) is 0.909. The summed E-state index contributed by atoms with van der Waals surface area (Å²) in [4.78, 5) is 14.0. The van der Waals surface area contributed by atoms with E-state index in [0.29, 0.717) is 13.0 Å². The number of hydrogen-bond acceptors (Lipinski definition) is 4. The van der Waals surface area contributed by atoms with Crippen LogP contribution >= 0.6 is 12.4 Å². The average molecular weight is 297 g/mol. The van der Waals surface area contributed by atoms with Crippen LogP contribution in [0.2, 0.25) is 0 Å². The molecule has 2 saturated heterocycles. The van der Waals surface area contributed by atoms with Crippen LogP contribution in [0.3, 0.4) is 0 Å². The molecule has 2 unspecified atom stereocenters. The molecule has 2 aliphatic heterocycles. The van der Waals surface area contributed by atoms with Crippen LogP contribution in [0, 0.1) is 5.41 Å². The van der Waals surface area contributed by atoms with E-state index in [4.69, 9.17) is 0 Å². The van der Waals surface area contributed by atoms with Gasteiger partial charge in [0, 0.05) is 19.6 Å². The normalized spacial score (nSPS) is 34.0. The van der Waals surface area contributed by atoms with E-state index in [1.165, 1.54) is 0 Å². The van der Waals surface area contributed by atoms with Crippen LogP contribution in [-0.2, 0) is 14.6 Å². The molecule has 0 aromatic rings. The Morgan fingerprint density at radius 1 is 1.44 bits per heavy atom. The molecule has 2 heterocycles. The first kappa shape index (κ1) is 15.7. The van der Waals surface area contributed by atoms with Crippen molar-refractivity contribution in [3.63, 3.8) is 0 Å². The second-order valence-corrected chi connectivity index (χ2v) is 7.69. The Hall–Kier alpha value is -0.330. The molecule has 7 heteroatoms. The maximum absolute atomic E-state index is 12.4. The highest BCUT2D eigenvalue weighted by Crippen LogP contribution is 2.29. The molecule has 0 aliphatic carbocycles. The molecule has 18 heavy (non-hydrogen) atoms. The number of nitrogens with one attached hydrogen (secondary N) is 1. The minimum atomic E-state index is -2.93. The third-order valence-corrected chi connectivity index (χ3v) is 5.71. The van der Waals surface area contributed by atoms with E-state index in [-0.39, 0.29) is 41.3 Å². The smallest absolute Gasteiger partial charge is 0.229 e. The van der Waals surface area contributed by atoms with Gasteiger partial charge in [0.25, 0.3) is 0 Å². The van der Waals surface area contributed by atoms with Crippen LogP contribution in [-0.4, -0.2) is 56.9 Å². The summed E-state index contributed by atoms with van der Waals surface area (Å²) in [6.45, 7) is 3.50. The molecule has 0 aromatic heterocycles. The van der Waals surface area contributed by atoms with Crippen molar-refractivity contribution in [2.75, 3.05) is 31.6 Å². The second-order valence-electron chi connectivity index (χ2n) is 5.46. The van der Waals surface area contributed by atoms with E-state index in [2.05, 4.69) is 5.32 Å². The zero-order valence-corrected chi connectivity index (χ0v) is 12.4. The first-order chi connectivity index (χ1) is 7.84. The molecule has 1 N–H and O–H groups in total. The molecule has 0 bridgehead atoms. The van der Waals surface area contributed by atoms with E-state index >= 15 is 0 Å². The summed E-state index contributed by atoms with van der Waals surface area (Å²) in [6, 6.07) is -0.134. The standard InChI is InChI=1S/C11H20N2O3S.ClH/c1-11(4-5-12-8-11)10(14)13(2)9-3-6-17(15,16)7-9;/h9,12H,3-8H2,1-2H3;1H. The predicted octanol–water partition coefficient (Wildman–Crippen LogP) is 0.0533. The van der Waals surface area contributed by atoms with Gasteiger partial charge >= 0.3 is 0 Å². The topological polar surface area (TPSA) is 66.5 Å². The van der Waals surface area contributed by atoms with E-state index in [1.807, 2.05) is 6.92 Å². The van der Waals surface area contributed by atoms with Crippen LogP contribution in [0.4, 0.5) is 0 Å². The summed E-state index contributed by atoms with van der Waals surface area (Å²) in [5.41, 5.74) is -0.360. The number of sulfone groups is 1. The monoisotopic (exact) mass is 296 g/mol. The molecule has 5 nitrogen and oxygen atoms in total. The molecule has 0 saturated carbocycles. The lowest BCUT2D eigenvalue weighted by atomic mass is 9.87. The van der Waals surface area contributed by atoms with Gasteiger partial charge in [-0.05, 0) is 26.3 Å². The molecule has 1 amide bonds. The zero-order valence-electron chi connectivity index (χ0n) is 10.8. The summed E-state index contributed by atoms with van der Waals surface area (Å²) in [7, 11) is -1.19. The van der Waals surface area contributed by atoms with Gasteiger partial charge in [-0.1, -0.05) is 0 Å². The van der Waals surface area contributed by atoms with Crippen LogP contribution < -0.4 is 5.32 Å². The predicted molar refractivity (Wildman–Crippen MR) is 72.7 cm³/mol. The van der Waals surface area contributed by atoms with Gasteiger partial charge in [-0.25, -0.2) is 8.42 Å². The van der Waals surface area contributed by atoms with E-state index in [0.717, 1.165) is 13.0 Å². The lowest BCUT2D eigenvalue weighted by molar-refractivity contribution is -0.140. The van der Waals surface area contributed by atoms with Crippen molar-refractivity contribution in [1.82, 2.24) is 10.2 Å². The van der Waals surface area contributed by atoms with Crippen LogP contribution in [0.1, 0.15) is 19.8 Å². The zero-order chi connectivity index (χ0) is 12.7. The van der Waals surface area contributed by atoms with Gasteiger partial charge < -0.3 is 10.2 Å². The number of hydrogen-bond donors (Lipinski definition) is 1. The van der Waals surface area contributed by atoms with Crippen molar-refractivity contribution in [3.8, 4) is 0 Å². The summed E-state index contributed by atoms with van der Waals surface area (Å²) in [5, 5.41) is 3.19. The van der Waals surface area contributed by atoms with E-state index in [9.17, 15) is 13.2 Å². The quantitative estimate of drug-likeness (QED) is 0.782. The molecule has 0 aromatic carbocycles. The van der Waals surface area contributed by atoms with Crippen molar-refractivity contribution < 1.29 is 13.2 Å². The Bertz CT molecular complexity index is 418. The van der Waals surface area contributed by atoms with Gasteiger partial charge in [0.1, 0.15) is 0 Å². The molecule has 2 aliphatic rings. The highest BCUT2D eigenvalue weighted by Gasteiger charge is 2.42. The lowest BCUT2D eigenvalue weighted by Crippen LogP contribution is -2.46. The summed E-state index contributed by atoms with van der Waals surface area (Å²) < 4.78 is 22.8. The number of nitrogens with zero attached hydrogens (tertiary/aromatic N) is 1. The van der Waals surface area contributed by atoms with Gasteiger partial charge in [-0.2, -0.15) is 0 Å². The number of carbonyl (C=O) groups excluding carboxylic acids is 1. The minimum Gasteiger partial charge on any atom is -0.341 e. The molecule has 0 radical (unpaired) electrons. The van der Waals surface area contributed by atoms with Gasteiger partial charge in [-0.15, -0.1) is 12.4 Å². The van der Waals surface area contributed by atoms with Crippen molar-refractivity contribution >= 4 is 28.2 Å². The van der Waals surface area contributed by atoms with Crippen LogP contribution in [0.5, 0.6) is 0 Å². The molecule has 106 valence electrons. The van der Waals surface area contributed by atoms with Gasteiger partial charge in [0.2, 0.25) is 5.91 Å². The Morgan fingerprint density at radius 2 is 2.11 bits per heavy atom. The van der Waals surface area contributed by atoms with Gasteiger partial charge in [0.15, 0.2) is 9.84 Å². The first-order valence-corrected chi connectivity index (χ1v) is 7.85. The molecule has 2 fully saturated rings. The average Bonchev–Trinajstić information content (AvgIpc) is 2.83. The van der Waals surface area contributed by atoms with Gasteiger partial charge in [-0.3, -0.25) is 4.79 Å². The SMILES string of the molecule is CN(C(=O)C1(C)CCNC1)C1CCS(=O)(=O)C1.Cl. The maximum atomic E-state index is 12.4. The third kappa shape index (κ3) is 2.97. The third-order valence-electron chi connectivity index (χ3n) is 3.96. The maximum Gasteiger partial charge on any atom is 0.229 e. The largest absolute Gasteiger partial charge is 0.341 e. The lowest BCUT2D eigenvalue weighted by Gasteiger charge is -2.31. The summed E-state index contributed by atoms with van der Waals surface area (Å²) in [6.07, 6.45) is 1.41. The highest BCUT2D eigenvalue weighted by molar-refractivity contribution is 7.91. The second kappa shape index (κ2) is 5.35. The number of rotatable bonds is 2. The van der Waals surface area contributed by atoms with Crippen LogP contribution in [0.15, 0.2) is 0 Å². The first-order valence-electron chi connectivity index (χ1n) is 6.02. The van der Waals surface area contributed by atoms with Crippen molar-refractivity contribution in [2.45, 2.75) is 25.8 Å². The molecule has 0 spiro atoms. The van der Waals surface area contributed by atoms with E-state index in [1.54, 1.807) is 11.9 Å². The fourth-order valence-corrected chi connectivity index (χ4v) is 4.45. The van der Waals surface area contributed by atoms with Crippen molar-refractivity contribution in [1.29, 1.82) is 0 Å². The molecular formula is C11H21ClN2O3S. The summed E-state index contributed by atoms with van der Waals surface area (Å²) >= 11 is 0. The Morgan fingerprint density at radius 3 is 2.56 bits per heavy atom. The van der Waals surface area contributed by atoms with Crippen molar-refractivity contribution in [2.24, 2.45) is 5.41 Å².